The van der Waals surface area contributed by atoms with Gasteiger partial charge in [0.05, 0.1) is 11.0 Å². The summed E-state index contributed by atoms with van der Waals surface area (Å²) in [4.78, 5) is 15.0. The average Bonchev–Trinajstić information content (AvgIpc) is 3.96. The summed E-state index contributed by atoms with van der Waals surface area (Å²) in [7, 11) is 0. The summed E-state index contributed by atoms with van der Waals surface area (Å²) in [6, 6.07) is 62.6. The van der Waals surface area contributed by atoms with E-state index in [1.165, 1.54) is 21.8 Å². The van der Waals surface area contributed by atoms with Crippen LogP contribution < -0.4 is 0 Å². The number of fused-ring (bicyclic) bond motifs is 9. The van der Waals surface area contributed by atoms with Crippen LogP contribution in [0.3, 0.4) is 0 Å². The second kappa shape index (κ2) is 12.3. The number of nitrogens with zero attached hydrogens (tertiary/aromatic N) is 4. The lowest BCUT2D eigenvalue weighted by molar-refractivity contribution is 0.668. The summed E-state index contributed by atoms with van der Waals surface area (Å²) in [5.41, 5.74) is 11.4. The molecule has 0 radical (unpaired) electrons. The molecule has 0 saturated carbocycles. The monoisotopic (exact) mass is 730 g/mol. The summed E-state index contributed by atoms with van der Waals surface area (Å²) in [5, 5.41) is 6.54. The molecule has 12 aromatic rings. The Labute approximate surface area is 325 Å². The molecular weight excluding hydrogens is 701 g/mol. The molecule has 0 fully saturated rings. The molecule has 4 aromatic heterocycles. The Balaban J connectivity index is 0.999. The average molecular weight is 731 g/mol. The standard InChI is InChI=1S/C51H30N4O2/c1-3-13-31(14-4-1)49-52-50(32-15-5-2-6-16-32)54-51(53-49)40-21-12-24-45-47(40)39-20-11-19-35(48(39)57-45)33-25-28-44-41(29-33)38-27-26-34(30-46(38)56-44)55-42-22-9-7-17-36(42)37-18-8-10-23-43(37)55/h1-30H. The Hall–Kier alpha value is -7.83. The number of rotatable bonds is 5. The highest BCUT2D eigenvalue weighted by molar-refractivity contribution is 6.16. The van der Waals surface area contributed by atoms with Crippen molar-refractivity contribution in [1.29, 1.82) is 0 Å². The molecule has 12 rings (SSSR count). The predicted molar refractivity (Wildman–Crippen MR) is 230 cm³/mol. The first-order valence-corrected chi connectivity index (χ1v) is 19.0. The zero-order chi connectivity index (χ0) is 37.5. The number of benzene rings is 8. The normalized spacial score (nSPS) is 11.9. The lowest BCUT2D eigenvalue weighted by Gasteiger charge is -2.09. The van der Waals surface area contributed by atoms with Crippen molar-refractivity contribution in [3.8, 4) is 51.0 Å². The van der Waals surface area contributed by atoms with Gasteiger partial charge in [-0.1, -0.05) is 133 Å². The number of aromatic nitrogens is 4. The lowest BCUT2D eigenvalue weighted by atomic mass is 9.99. The smallest absolute Gasteiger partial charge is 0.164 e. The second-order valence-electron chi connectivity index (χ2n) is 14.4. The summed E-state index contributed by atoms with van der Waals surface area (Å²) >= 11 is 0. The highest BCUT2D eigenvalue weighted by atomic mass is 16.3. The van der Waals surface area contributed by atoms with Gasteiger partial charge in [0, 0.05) is 66.3 Å². The van der Waals surface area contributed by atoms with Crippen LogP contribution in [0.5, 0.6) is 0 Å². The van der Waals surface area contributed by atoms with Gasteiger partial charge in [0.25, 0.3) is 0 Å². The second-order valence-corrected chi connectivity index (χ2v) is 14.4. The van der Waals surface area contributed by atoms with Crippen LogP contribution in [0.2, 0.25) is 0 Å². The fourth-order valence-corrected chi connectivity index (χ4v) is 8.46. The Morgan fingerprint density at radius 1 is 0.351 bits per heavy atom. The van der Waals surface area contributed by atoms with Crippen LogP contribution in [0.25, 0.3) is 117 Å². The molecule has 0 amide bonds. The molecule has 0 bridgehead atoms. The van der Waals surface area contributed by atoms with E-state index in [2.05, 4.69) is 114 Å². The van der Waals surface area contributed by atoms with Gasteiger partial charge in [-0.2, -0.15) is 0 Å². The molecule has 0 aliphatic rings. The molecule has 6 heteroatoms. The van der Waals surface area contributed by atoms with Crippen LogP contribution in [-0.4, -0.2) is 19.5 Å². The van der Waals surface area contributed by atoms with Gasteiger partial charge in [-0.3, -0.25) is 0 Å². The first-order chi connectivity index (χ1) is 28.2. The first kappa shape index (κ1) is 31.5. The summed E-state index contributed by atoms with van der Waals surface area (Å²) in [5.74, 6) is 1.83. The third-order valence-corrected chi connectivity index (χ3v) is 11.1. The minimum Gasteiger partial charge on any atom is -0.456 e. The maximum absolute atomic E-state index is 6.74. The van der Waals surface area contributed by atoms with E-state index in [4.69, 9.17) is 23.8 Å². The molecule has 0 saturated heterocycles. The van der Waals surface area contributed by atoms with Crippen LogP contribution in [0.15, 0.2) is 191 Å². The topological polar surface area (TPSA) is 69.9 Å². The van der Waals surface area contributed by atoms with E-state index in [9.17, 15) is 0 Å². The Morgan fingerprint density at radius 3 is 1.68 bits per heavy atom. The van der Waals surface area contributed by atoms with E-state index in [0.717, 1.165) is 77.4 Å². The quantitative estimate of drug-likeness (QED) is 0.176. The van der Waals surface area contributed by atoms with Crippen LogP contribution in [0.1, 0.15) is 0 Å². The third kappa shape index (κ3) is 4.94. The summed E-state index contributed by atoms with van der Waals surface area (Å²) in [6.45, 7) is 0. The molecule has 266 valence electrons. The van der Waals surface area contributed by atoms with Crippen LogP contribution in [0, 0.1) is 0 Å². The molecule has 0 N–H and O–H groups in total. The zero-order valence-electron chi connectivity index (χ0n) is 30.4. The van der Waals surface area contributed by atoms with Crippen molar-refractivity contribution in [1.82, 2.24) is 19.5 Å². The fraction of sp³-hybridized carbons (Fsp3) is 0. The van der Waals surface area contributed by atoms with E-state index in [0.29, 0.717) is 17.5 Å². The third-order valence-electron chi connectivity index (χ3n) is 11.1. The van der Waals surface area contributed by atoms with Crippen molar-refractivity contribution >= 4 is 65.7 Å². The fourth-order valence-electron chi connectivity index (χ4n) is 8.46. The van der Waals surface area contributed by atoms with Crippen molar-refractivity contribution < 1.29 is 8.83 Å². The van der Waals surface area contributed by atoms with E-state index >= 15 is 0 Å². The number of furan rings is 2. The molecule has 0 spiro atoms. The zero-order valence-corrected chi connectivity index (χ0v) is 30.4. The highest BCUT2D eigenvalue weighted by Crippen LogP contribution is 2.42. The number of hydrogen-bond donors (Lipinski definition) is 0. The van der Waals surface area contributed by atoms with Crippen molar-refractivity contribution in [3.05, 3.63) is 182 Å². The molecule has 0 atom stereocenters. The van der Waals surface area contributed by atoms with Crippen molar-refractivity contribution in [2.75, 3.05) is 0 Å². The van der Waals surface area contributed by atoms with E-state index in [-0.39, 0.29) is 0 Å². The minimum atomic E-state index is 0.591. The van der Waals surface area contributed by atoms with Gasteiger partial charge < -0.3 is 13.4 Å². The molecule has 0 aliphatic heterocycles. The van der Waals surface area contributed by atoms with Crippen LogP contribution in [0.4, 0.5) is 0 Å². The molecule has 4 heterocycles. The lowest BCUT2D eigenvalue weighted by Crippen LogP contribution is -2.00. The van der Waals surface area contributed by atoms with Crippen molar-refractivity contribution in [3.63, 3.8) is 0 Å². The van der Waals surface area contributed by atoms with Gasteiger partial charge in [0.1, 0.15) is 22.3 Å². The predicted octanol–water partition coefficient (Wildman–Crippen LogP) is 13.4. The van der Waals surface area contributed by atoms with Crippen LogP contribution >= 0.6 is 0 Å². The first-order valence-electron chi connectivity index (χ1n) is 19.0. The maximum atomic E-state index is 6.74. The van der Waals surface area contributed by atoms with Gasteiger partial charge in [-0.05, 0) is 48.0 Å². The number of para-hydroxylation sites is 3. The summed E-state index contributed by atoms with van der Waals surface area (Å²) < 4.78 is 15.6. The molecule has 0 unspecified atom stereocenters. The highest BCUT2D eigenvalue weighted by Gasteiger charge is 2.21. The molecule has 8 aromatic carbocycles. The Bertz CT molecular complexity index is 3410. The molecular formula is C51H30N4O2. The SMILES string of the molecule is c1ccc(-c2nc(-c3ccccc3)nc(-c3cccc4oc5c(-c6ccc7oc8cc(-n9c%10ccccc%10c%10ccccc%109)ccc8c7c6)cccc5c34)n2)cc1. The maximum Gasteiger partial charge on any atom is 0.164 e. The van der Waals surface area contributed by atoms with Gasteiger partial charge in [-0.25, -0.2) is 15.0 Å². The summed E-state index contributed by atoms with van der Waals surface area (Å²) in [6.07, 6.45) is 0. The Kier molecular flexibility index (Phi) is 6.83. The molecule has 6 nitrogen and oxygen atoms in total. The minimum absolute atomic E-state index is 0.591. The van der Waals surface area contributed by atoms with Crippen molar-refractivity contribution in [2.45, 2.75) is 0 Å². The Morgan fingerprint density at radius 2 is 0.965 bits per heavy atom. The molecule has 57 heavy (non-hydrogen) atoms. The van der Waals surface area contributed by atoms with Gasteiger partial charge in [0.15, 0.2) is 17.5 Å². The van der Waals surface area contributed by atoms with E-state index < -0.39 is 0 Å². The van der Waals surface area contributed by atoms with Crippen molar-refractivity contribution in [2.24, 2.45) is 0 Å². The van der Waals surface area contributed by atoms with Gasteiger partial charge in [0.2, 0.25) is 0 Å². The van der Waals surface area contributed by atoms with Gasteiger partial charge >= 0.3 is 0 Å². The largest absolute Gasteiger partial charge is 0.456 e. The van der Waals surface area contributed by atoms with Gasteiger partial charge in [-0.15, -0.1) is 0 Å². The number of hydrogen-bond acceptors (Lipinski definition) is 5. The van der Waals surface area contributed by atoms with E-state index in [1.54, 1.807) is 0 Å². The van der Waals surface area contributed by atoms with E-state index in [1.807, 2.05) is 72.8 Å². The molecule has 0 aliphatic carbocycles. The van der Waals surface area contributed by atoms with Crippen LogP contribution in [-0.2, 0) is 0 Å².